The second-order valence-electron chi connectivity index (χ2n) is 4.83. The number of fused-ring (bicyclic) bond motifs is 1. The fourth-order valence-corrected chi connectivity index (χ4v) is 3.50. The van der Waals surface area contributed by atoms with E-state index in [-0.39, 0.29) is 5.03 Å². The van der Waals surface area contributed by atoms with Crippen LogP contribution in [0.1, 0.15) is 33.1 Å². The molecular formula is C14H22N4O2S. The number of rotatable bonds is 8. The maximum Gasteiger partial charge on any atom is 0.260 e. The van der Waals surface area contributed by atoms with Crippen molar-refractivity contribution < 1.29 is 8.42 Å². The summed E-state index contributed by atoms with van der Waals surface area (Å²) in [4.78, 5) is 4.35. The highest BCUT2D eigenvalue weighted by molar-refractivity contribution is 7.89. The van der Waals surface area contributed by atoms with Crippen LogP contribution in [0.5, 0.6) is 0 Å². The number of anilines is 1. The van der Waals surface area contributed by atoms with Crippen LogP contribution in [0.15, 0.2) is 29.4 Å². The first-order valence-electron chi connectivity index (χ1n) is 7.30. The molecule has 0 fully saturated rings. The third-order valence-corrected chi connectivity index (χ3v) is 4.64. The number of hydrogen-bond donors (Lipinski definition) is 2. The Hall–Kier alpha value is -1.60. The Morgan fingerprint density at radius 2 is 2.05 bits per heavy atom. The quantitative estimate of drug-likeness (QED) is 0.733. The molecule has 21 heavy (non-hydrogen) atoms. The van der Waals surface area contributed by atoms with Crippen molar-refractivity contribution in [2.24, 2.45) is 0 Å². The van der Waals surface area contributed by atoms with Gasteiger partial charge >= 0.3 is 0 Å². The first-order valence-corrected chi connectivity index (χ1v) is 8.79. The van der Waals surface area contributed by atoms with E-state index in [0.29, 0.717) is 24.6 Å². The predicted molar refractivity (Wildman–Crippen MR) is 84.1 cm³/mol. The topological polar surface area (TPSA) is 75.5 Å². The number of aromatic nitrogens is 2. The molecule has 0 amide bonds. The maximum absolute atomic E-state index is 12.6. The van der Waals surface area contributed by atoms with Gasteiger partial charge in [0.15, 0.2) is 10.8 Å². The molecule has 2 rings (SSSR count). The van der Waals surface area contributed by atoms with Gasteiger partial charge in [-0.3, -0.25) is 4.40 Å². The molecule has 0 aliphatic carbocycles. The zero-order valence-corrected chi connectivity index (χ0v) is 13.3. The van der Waals surface area contributed by atoms with Crippen molar-refractivity contribution in [1.82, 2.24) is 14.1 Å². The molecule has 0 atom stereocenters. The van der Waals surface area contributed by atoms with Gasteiger partial charge in [-0.1, -0.05) is 25.8 Å². The van der Waals surface area contributed by atoms with Crippen molar-refractivity contribution >= 4 is 21.5 Å². The van der Waals surface area contributed by atoms with E-state index in [1.54, 1.807) is 22.7 Å². The van der Waals surface area contributed by atoms with Crippen LogP contribution in [-0.4, -0.2) is 30.9 Å². The van der Waals surface area contributed by atoms with Gasteiger partial charge in [0.1, 0.15) is 5.65 Å². The van der Waals surface area contributed by atoms with Crippen LogP contribution >= 0.6 is 0 Å². The van der Waals surface area contributed by atoms with E-state index >= 15 is 0 Å². The first-order chi connectivity index (χ1) is 10.1. The molecule has 2 aromatic rings. The largest absolute Gasteiger partial charge is 0.368 e. The Balaban J connectivity index is 2.36. The normalized spacial score (nSPS) is 11.9. The number of pyridine rings is 1. The molecule has 2 aromatic heterocycles. The van der Waals surface area contributed by atoms with Gasteiger partial charge in [0.25, 0.3) is 10.0 Å². The molecule has 0 bridgehead atoms. The van der Waals surface area contributed by atoms with E-state index in [2.05, 4.69) is 21.9 Å². The van der Waals surface area contributed by atoms with Crippen LogP contribution in [0.3, 0.4) is 0 Å². The molecule has 0 saturated heterocycles. The summed E-state index contributed by atoms with van der Waals surface area (Å²) in [7, 11) is -3.59. The van der Waals surface area contributed by atoms with Crippen molar-refractivity contribution in [3.63, 3.8) is 0 Å². The molecule has 7 heteroatoms. The molecule has 116 valence electrons. The first kappa shape index (κ1) is 15.8. The summed E-state index contributed by atoms with van der Waals surface area (Å²) in [5.41, 5.74) is 0.613. The van der Waals surface area contributed by atoms with Crippen LogP contribution in [0.25, 0.3) is 5.65 Å². The van der Waals surface area contributed by atoms with Gasteiger partial charge in [0, 0.05) is 19.3 Å². The van der Waals surface area contributed by atoms with Crippen LogP contribution in [-0.2, 0) is 10.0 Å². The maximum atomic E-state index is 12.6. The van der Waals surface area contributed by atoms with Crippen LogP contribution < -0.4 is 10.0 Å². The predicted octanol–water partition coefficient (Wildman–Crippen LogP) is 2.23. The lowest BCUT2D eigenvalue weighted by atomic mass is 10.3. The minimum absolute atomic E-state index is 0.177. The molecule has 0 spiro atoms. The Bertz CT molecular complexity index is 694. The standard InChI is InChI=1S/C14H22N4O2S/c1-3-5-7-10-16-21(19,20)14-13(15-4-2)17-12-9-6-8-11-18(12)14/h6,8-9,11,15-16H,3-5,7,10H2,1-2H3. The van der Waals surface area contributed by atoms with Gasteiger partial charge in [-0.2, -0.15) is 0 Å². The Morgan fingerprint density at radius 1 is 1.24 bits per heavy atom. The molecule has 0 unspecified atom stereocenters. The molecule has 0 aliphatic rings. The Labute approximate surface area is 125 Å². The highest BCUT2D eigenvalue weighted by Crippen LogP contribution is 2.22. The summed E-state index contributed by atoms with van der Waals surface area (Å²) >= 11 is 0. The number of nitrogens with zero attached hydrogens (tertiary/aromatic N) is 2. The van der Waals surface area contributed by atoms with Gasteiger partial charge in [-0.25, -0.2) is 18.1 Å². The molecule has 0 aromatic carbocycles. The number of nitrogens with one attached hydrogen (secondary N) is 2. The smallest absolute Gasteiger partial charge is 0.260 e. The van der Waals surface area contributed by atoms with Gasteiger partial charge in [-0.15, -0.1) is 0 Å². The number of imidazole rings is 1. The van der Waals surface area contributed by atoms with E-state index in [4.69, 9.17) is 0 Å². The summed E-state index contributed by atoms with van der Waals surface area (Å²) < 4.78 is 29.4. The molecule has 2 heterocycles. The van der Waals surface area contributed by atoms with Crippen LogP contribution in [0.2, 0.25) is 0 Å². The minimum Gasteiger partial charge on any atom is -0.368 e. The van der Waals surface area contributed by atoms with Gasteiger partial charge in [0.05, 0.1) is 0 Å². The molecule has 2 N–H and O–H groups in total. The number of unbranched alkanes of at least 4 members (excludes halogenated alkanes) is 2. The summed E-state index contributed by atoms with van der Waals surface area (Å²) in [6, 6.07) is 5.42. The molecule has 0 radical (unpaired) electrons. The van der Waals surface area contributed by atoms with Gasteiger partial charge in [-0.05, 0) is 25.5 Å². The van der Waals surface area contributed by atoms with Gasteiger partial charge < -0.3 is 5.32 Å². The zero-order valence-electron chi connectivity index (χ0n) is 12.5. The molecular weight excluding hydrogens is 288 g/mol. The second kappa shape index (κ2) is 6.91. The van der Waals surface area contributed by atoms with Crippen molar-refractivity contribution in [3.8, 4) is 0 Å². The average molecular weight is 310 g/mol. The van der Waals surface area contributed by atoms with Crippen LogP contribution in [0, 0.1) is 0 Å². The summed E-state index contributed by atoms with van der Waals surface area (Å²) in [6.07, 6.45) is 4.61. The Kier molecular flexibility index (Phi) is 5.19. The van der Waals surface area contributed by atoms with Crippen LogP contribution in [0.4, 0.5) is 5.82 Å². The lowest BCUT2D eigenvalue weighted by molar-refractivity contribution is 0.571. The fourth-order valence-electron chi connectivity index (χ4n) is 2.16. The summed E-state index contributed by atoms with van der Waals surface area (Å²) in [5.74, 6) is 0.395. The summed E-state index contributed by atoms with van der Waals surface area (Å²) in [5, 5.41) is 3.20. The van der Waals surface area contributed by atoms with Crippen molar-refractivity contribution in [1.29, 1.82) is 0 Å². The van der Waals surface area contributed by atoms with Crippen molar-refractivity contribution in [2.75, 3.05) is 18.4 Å². The third-order valence-electron chi connectivity index (χ3n) is 3.16. The van der Waals surface area contributed by atoms with Crippen molar-refractivity contribution in [3.05, 3.63) is 24.4 Å². The highest BCUT2D eigenvalue weighted by Gasteiger charge is 2.24. The van der Waals surface area contributed by atoms with E-state index in [9.17, 15) is 8.42 Å². The highest BCUT2D eigenvalue weighted by atomic mass is 32.2. The Morgan fingerprint density at radius 3 is 2.76 bits per heavy atom. The molecule has 0 aliphatic heterocycles. The van der Waals surface area contributed by atoms with E-state index in [1.165, 1.54) is 0 Å². The van der Waals surface area contributed by atoms with E-state index in [0.717, 1.165) is 19.3 Å². The van der Waals surface area contributed by atoms with E-state index < -0.39 is 10.0 Å². The molecule has 6 nitrogen and oxygen atoms in total. The third kappa shape index (κ3) is 3.54. The second-order valence-corrected chi connectivity index (χ2v) is 6.51. The lowest BCUT2D eigenvalue weighted by Crippen LogP contribution is -2.26. The summed E-state index contributed by atoms with van der Waals surface area (Å²) in [6.45, 7) is 5.06. The van der Waals surface area contributed by atoms with E-state index in [1.807, 2.05) is 13.0 Å². The molecule has 0 saturated carbocycles. The van der Waals surface area contributed by atoms with Crippen molar-refractivity contribution in [2.45, 2.75) is 38.1 Å². The average Bonchev–Trinajstić information content (AvgIpc) is 2.83. The fraction of sp³-hybridized carbons (Fsp3) is 0.500. The monoisotopic (exact) mass is 310 g/mol. The lowest BCUT2D eigenvalue weighted by Gasteiger charge is -2.08. The number of hydrogen-bond acceptors (Lipinski definition) is 4. The van der Waals surface area contributed by atoms with Gasteiger partial charge in [0.2, 0.25) is 0 Å². The number of sulfonamides is 1. The zero-order chi connectivity index (χ0) is 15.3. The minimum atomic E-state index is -3.59. The SMILES string of the molecule is CCCCCNS(=O)(=O)c1c(NCC)nc2ccccn12.